The zero-order valence-corrected chi connectivity index (χ0v) is 24.5. The topological polar surface area (TPSA) is 71.1 Å². The van der Waals surface area contributed by atoms with Crippen LogP contribution in [-0.2, 0) is 22.9 Å². The van der Waals surface area contributed by atoms with Gasteiger partial charge in [-0.2, -0.15) is 13.2 Å². The van der Waals surface area contributed by atoms with Gasteiger partial charge in [-0.15, -0.1) is 0 Å². The number of carbonyl (C=O) groups is 2. The van der Waals surface area contributed by atoms with E-state index in [-0.39, 0.29) is 45.9 Å². The fraction of sp³-hybridized carbons (Fsp3) is 0.406. The molecule has 1 aliphatic rings. The third-order valence-corrected chi connectivity index (χ3v) is 7.67. The number of nitrogens with one attached hydrogen (secondary N) is 2. The number of Topliss-reactive ketones (excluding diaryl/α,β-unsaturated/α-hetero) is 1. The quantitative estimate of drug-likeness (QED) is 0.258. The standard InChI is InChI=1S/C32H34ClF4N3O2/c1-30(2,3)18-27(41)21-9-11-26(13-21)39-29(42)40-31(17-20-7-5-4-6-8-20,28-12-10-24(33)19-38-28)22-14-23(32(35,36)37)16-25(34)15-22/h4-8,10,12,14-16,19,21,26H,9,11,13,17-18H2,1-3H3,(H2,39,40,42)/t21?,26-,31+/m1/s1. The monoisotopic (exact) mass is 603 g/mol. The van der Waals surface area contributed by atoms with Crippen molar-refractivity contribution in [3.8, 4) is 0 Å². The lowest BCUT2D eigenvalue weighted by atomic mass is 9.79. The van der Waals surface area contributed by atoms with Crippen molar-refractivity contribution < 1.29 is 27.2 Å². The molecule has 1 aliphatic carbocycles. The summed E-state index contributed by atoms with van der Waals surface area (Å²) in [6.07, 6.45) is -1.44. The van der Waals surface area contributed by atoms with Crippen molar-refractivity contribution in [1.82, 2.24) is 15.6 Å². The van der Waals surface area contributed by atoms with Crippen LogP contribution in [0.1, 0.15) is 68.8 Å². The van der Waals surface area contributed by atoms with Crippen LogP contribution in [0.25, 0.3) is 0 Å². The summed E-state index contributed by atoms with van der Waals surface area (Å²) in [6.45, 7) is 5.99. The normalized spacial score (nSPS) is 18.8. The molecule has 1 heterocycles. The fourth-order valence-electron chi connectivity index (χ4n) is 5.54. The van der Waals surface area contributed by atoms with Crippen LogP contribution in [0.3, 0.4) is 0 Å². The molecule has 3 atom stereocenters. The second-order valence-electron chi connectivity index (χ2n) is 12.2. The van der Waals surface area contributed by atoms with E-state index >= 15 is 0 Å². The van der Waals surface area contributed by atoms with Crippen molar-refractivity contribution in [2.75, 3.05) is 0 Å². The van der Waals surface area contributed by atoms with E-state index in [1.807, 2.05) is 20.8 Å². The van der Waals surface area contributed by atoms with Crippen LogP contribution < -0.4 is 10.6 Å². The highest BCUT2D eigenvalue weighted by Gasteiger charge is 2.42. The molecule has 5 nitrogen and oxygen atoms in total. The van der Waals surface area contributed by atoms with Gasteiger partial charge in [0, 0.05) is 31.0 Å². The summed E-state index contributed by atoms with van der Waals surface area (Å²) < 4.78 is 56.3. The van der Waals surface area contributed by atoms with Crippen molar-refractivity contribution in [2.45, 2.75) is 70.6 Å². The summed E-state index contributed by atoms with van der Waals surface area (Å²) in [5.41, 5.74) is -2.34. The molecule has 2 N–H and O–H groups in total. The van der Waals surface area contributed by atoms with Crippen LogP contribution in [0.15, 0.2) is 66.9 Å². The number of carbonyl (C=O) groups excluding carboxylic acids is 2. The van der Waals surface area contributed by atoms with E-state index in [1.165, 1.54) is 18.3 Å². The Morgan fingerprint density at radius 3 is 2.29 bits per heavy atom. The number of hydrogen-bond acceptors (Lipinski definition) is 3. The van der Waals surface area contributed by atoms with Crippen LogP contribution in [0, 0.1) is 17.2 Å². The van der Waals surface area contributed by atoms with E-state index in [1.54, 1.807) is 30.3 Å². The van der Waals surface area contributed by atoms with Gasteiger partial charge < -0.3 is 10.6 Å². The predicted octanol–water partition coefficient (Wildman–Crippen LogP) is 7.85. The number of pyridine rings is 1. The molecule has 10 heteroatoms. The number of halogens is 5. The van der Waals surface area contributed by atoms with Gasteiger partial charge in [-0.05, 0) is 66.1 Å². The number of ketones is 1. The number of alkyl halides is 3. The maximum absolute atomic E-state index is 14.8. The molecule has 1 fully saturated rings. The number of amides is 2. The molecule has 1 aromatic heterocycles. The maximum atomic E-state index is 14.8. The van der Waals surface area contributed by atoms with E-state index in [0.29, 0.717) is 37.3 Å². The second kappa shape index (κ2) is 12.4. The minimum Gasteiger partial charge on any atom is -0.335 e. The van der Waals surface area contributed by atoms with Gasteiger partial charge in [-0.1, -0.05) is 62.7 Å². The molecule has 3 aromatic rings. The van der Waals surface area contributed by atoms with Crippen LogP contribution in [0.2, 0.25) is 5.02 Å². The molecule has 4 rings (SSSR count). The van der Waals surface area contributed by atoms with E-state index in [0.717, 1.165) is 12.1 Å². The smallest absolute Gasteiger partial charge is 0.335 e. The Labute approximate surface area is 248 Å². The van der Waals surface area contributed by atoms with Crippen molar-refractivity contribution >= 4 is 23.4 Å². The molecule has 0 radical (unpaired) electrons. The molecule has 0 saturated heterocycles. The predicted molar refractivity (Wildman–Crippen MR) is 153 cm³/mol. The van der Waals surface area contributed by atoms with E-state index in [4.69, 9.17) is 11.6 Å². The minimum absolute atomic E-state index is 0.0337. The first-order valence-electron chi connectivity index (χ1n) is 13.8. The average Bonchev–Trinajstić information content (AvgIpc) is 3.36. The van der Waals surface area contributed by atoms with Gasteiger partial charge in [0.1, 0.15) is 17.1 Å². The molecule has 2 aromatic carbocycles. The van der Waals surface area contributed by atoms with Gasteiger partial charge in [-0.25, -0.2) is 9.18 Å². The van der Waals surface area contributed by atoms with Gasteiger partial charge in [0.25, 0.3) is 0 Å². The largest absolute Gasteiger partial charge is 0.416 e. The first-order valence-corrected chi connectivity index (χ1v) is 14.2. The molecular weight excluding hydrogens is 570 g/mol. The van der Waals surface area contributed by atoms with Gasteiger partial charge in [0.15, 0.2) is 0 Å². The summed E-state index contributed by atoms with van der Waals surface area (Å²) >= 11 is 6.08. The molecule has 2 amide bonds. The third kappa shape index (κ3) is 7.88. The van der Waals surface area contributed by atoms with Crippen LogP contribution in [0.5, 0.6) is 0 Å². The number of urea groups is 1. The Morgan fingerprint density at radius 1 is 0.976 bits per heavy atom. The first-order chi connectivity index (χ1) is 19.6. The number of rotatable bonds is 8. The molecular formula is C32H34ClF4N3O2. The summed E-state index contributed by atoms with van der Waals surface area (Å²) in [7, 11) is 0. The van der Waals surface area contributed by atoms with Crippen LogP contribution in [0.4, 0.5) is 22.4 Å². The van der Waals surface area contributed by atoms with E-state index < -0.39 is 29.1 Å². The molecule has 0 aliphatic heterocycles. The zero-order chi connectivity index (χ0) is 30.7. The Bertz CT molecular complexity index is 1410. The lowest BCUT2D eigenvalue weighted by Crippen LogP contribution is -2.54. The molecule has 224 valence electrons. The Morgan fingerprint density at radius 2 is 1.67 bits per heavy atom. The molecule has 42 heavy (non-hydrogen) atoms. The Balaban J connectivity index is 1.73. The van der Waals surface area contributed by atoms with Crippen LogP contribution >= 0.6 is 11.6 Å². The Kier molecular flexibility index (Phi) is 9.30. The molecule has 1 unspecified atom stereocenters. The maximum Gasteiger partial charge on any atom is 0.416 e. The highest BCUT2D eigenvalue weighted by atomic mass is 35.5. The molecule has 0 spiro atoms. The first kappa shape index (κ1) is 31.5. The van der Waals surface area contributed by atoms with Gasteiger partial charge in [0.05, 0.1) is 16.3 Å². The zero-order valence-electron chi connectivity index (χ0n) is 23.7. The second-order valence-corrected chi connectivity index (χ2v) is 12.6. The van der Waals surface area contributed by atoms with Gasteiger partial charge in [-0.3, -0.25) is 9.78 Å². The van der Waals surface area contributed by atoms with Crippen molar-refractivity contribution in [3.63, 3.8) is 0 Å². The summed E-state index contributed by atoms with van der Waals surface area (Å²) in [4.78, 5) is 30.8. The number of benzene rings is 2. The van der Waals surface area contributed by atoms with Crippen molar-refractivity contribution in [3.05, 3.63) is 100 Å². The molecule has 1 saturated carbocycles. The lowest BCUT2D eigenvalue weighted by molar-refractivity contribution is -0.137. The van der Waals surface area contributed by atoms with Gasteiger partial charge in [0.2, 0.25) is 0 Å². The highest BCUT2D eigenvalue weighted by Crippen LogP contribution is 2.38. The Hall–Kier alpha value is -3.46. The lowest BCUT2D eigenvalue weighted by Gasteiger charge is -2.36. The number of aromatic nitrogens is 1. The van der Waals surface area contributed by atoms with E-state index in [9.17, 15) is 27.2 Å². The minimum atomic E-state index is -4.83. The summed E-state index contributed by atoms with van der Waals surface area (Å²) in [5, 5.41) is 6.06. The fourth-order valence-corrected chi connectivity index (χ4v) is 5.65. The van der Waals surface area contributed by atoms with Gasteiger partial charge >= 0.3 is 12.2 Å². The summed E-state index contributed by atoms with van der Waals surface area (Å²) in [5.74, 6) is -1.14. The molecule has 0 bridgehead atoms. The number of hydrogen-bond donors (Lipinski definition) is 2. The van der Waals surface area contributed by atoms with E-state index in [2.05, 4.69) is 15.6 Å². The van der Waals surface area contributed by atoms with Crippen molar-refractivity contribution in [1.29, 1.82) is 0 Å². The van der Waals surface area contributed by atoms with Crippen molar-refractivity contribution in [2.24, 2.45) is 11.3 Å². The average molecular weight is 604 g/mol. The summed E-state index contributed by atoms with van der Waals surface area (Å²) in [6, 6.07) is 13.1. The third-order valence-electron chi connectivity index (χ3n) is 7.45. The van der Waals surface area contributed by atoms with Crippen LogP contribution in [-0.4, -0.2) is 22.8 Å². The number of nitrogens with zero attached hydrogens (tertiary/aromatic N) is 1. The highest BCUT2D eigenvalue weighted by molar-refractivity contribution is 6.30. The SMILES string of the molecule is CC(C)(C)CC(=O)C1CC[C@@H](NC(=O)N[C@@](Cc2ccccc2)(c2cc(F)cc(C(F)(F)F)c2)c2ccc(Cl)cn2)C1.